The maximum Gasteiger partial charge on any atom is 0.0591 e. The highest BCUT2D eigenvalue weighted by molar-refractivity contribution is 5.66. The highest BCUT2D eigenvalue weighted by Crippen LogP contribution is 2.51. The van der Waals surface area contributed by atoms with E-state index in [9.17, 15) is 0 Å². The molecule has 1 aliphatic rings. The van der Waals surface area contributed by atoms with E-state index in [0.717, 1.165) is 16.7 Å². The molecule has 3 aromatic rings. The fraction of sp³-hybridized carbons (Fsp3) is 0.179. The normalized spacial score (nSPS) is 14.1. The van der Waals surface area contributed by atoms with Crippen molar-refractivity contribution >= 4 is 0 Å². The van der Waals surface area contributed by atoms with E-state index in [0.29, 0.717) is 19.6 Å². The highest BCUT2D eigenvalue weighted by atomic mass is 14.5. The van der Waals surface area contributed by atoms with Crippen molar-refractivity contribution in [2.45, 2.75) is 32.0 Å². The molecule has 3 heteroatoms. The minimum absolute atomic E-state index is 0.496. The predicted molar refractivity (Wildman–Crippen MR) is 129 cm³/mol. The molecule has 1 aliphatic carbocycles. The van der Waals surface area contributed by atoms with Crippen LogP contribution in [-0.2, 0) is 25.0 Å². The quantitative estimate of drug-likeness (QED) is 0.504. The Kier molecular flexibility index (Phi) is 6.19. The van der Waals surface area contributed by atoms with Crippen LogP contribution in [0.2, 0.25) is 0 Å². The molecule has 3 nitrogen and oxygen atoms in total. The zero-order chi connectivity index (χ0) is 21.8. The summed E-state index contributed by atoms with van der Waals surface area (Å²) in [6.07, 6.45) is 6.54. The Hall–Kier alpha value is -2.98. The lowest BCUT2D eigenvalue weighted by atomic mass is 9.60. The lowest BCUT2D eigenvalue weighted by molar-refractivity contribution is 0.674. The van der Waals surface area contributed by atoms with Crippen LogP contribution in [0.4, 0.5) is 0 Å². The van der Waals surface area contributed by atoms with Gasteiger partial charge in [0.15, 0.2) is 0 Å². The molecule has 0 aliphatic heterocycles. The van der Waals surface area contributed by atoms with E-state index >= 15 is 0 Å². The van der Waals surface area contributed by atoms with E-state index in [1.165, 1.54) is 28.2 Å². The molecule has 157 valence electrons. The minimum Gasteiger partial charge on any atom is -0.326 e. The summed E-state index contributed by atoms with van der Waals surface area (Å²) in [5.41, 5.74) is 25.8. The molecule has 4 rings (SSSR count). The third-order valence-electron chi connectivity index (χ3n) is 6.23. The van der Waals surface area contributed by atoms with Gasteiger partial charge in [0.2, 0.25) is 0 Å². The van der Waals surface area contributed by atoms with E-state index < -0.39 is 5.41 Å². The largest absolute Gasteiger partial charge is 0.326 e. The van der Waals surface area contributed by atoms with Crippen LogP contribution in [0.5, 0.6) is 0 Å². The Morgan fingerprint density at radius 1 is 0.645 bits per heavy atom. The summed E-state index contributed by atoms with van der Waals surface area (Å²) in [4.78, 5) is 0. The Morgan fingerprint density at radius 2 is 1.06 bits per heavy atom. The number of hydrogen-bond acceptors (Lipinski definition) is 3. The summed E-state index contributed by atoms with van der Waals surface area (Å²) in [6.45, 7) is 3.66. The molecule has 3 aromatic carbocycles. The van der Waals surface area contributed by atoms with Gasteiger partial charge in [0.25, 0.3) is 0 Å². The summed E-state index contributed by atoms with van der Waals surface area (Å²) >= 11 is 0. The third kappa shape index (κ3) is 3.77. The number of benzene rings is 3. The van der Waals surface area contributed by atoms with Gasteiger partial charge in [0.05, 0.1) is 5.41 Å². The molecule has 0 fully saturated rings. The van der Waals surface area contributed by atoms with Gasteiger partial charge < -0.3 is 17.2 Å². The van der Waals surface area contributed by atoms with Gasteiger partial charge in [0, 0.05) is 25.6 Å². The van der Waals surface area contributed by atoms with E-state index in [1.54, 1.807) is 0 Å². The summed E-state index contributed by atoms with van der Waals surface area (Å²) in [7, 11) is 0. The van der Waals surface area contributed by atoms with Gasteiger partial charge in [-0.25, -0.2) is 0 Å². The van der Waals surface area contributed by atoms with Crippen LogP contribution in [0.25, 0.3) is 0 Å². The number of hydrogen-bond donors (Lipinski definition) is 3. The minimum atomic E-state index is -0.505. The molecular weight excluding hydrogens is 378 g/mol. The second-order valence-corrected chi connectivity index (χ2v) is 8.09. The lowest BCUT2D eigenvalue weighted by Gasteiger charge is -2.41. The Balaban J connectivity index is 2.12. The van der Waals surface area contributed by atoms with Gasteiger partial charge in [0.1, 0.15) is 0 Å². The zero-order valence-electron chi connectivity index (χ0n) is 18.0. The van der Waals surface area contributed by atoms with Crippen molar-refractivity contribution < 1.29 is 0 Å². The number of rotatable bonds is 7. The molecule has 0 atom stereocenters. The monoisotopic (exact) mass is 408 g/mol. The lowest BCUT2D eigenvalue weighted by Crippen LogP contribution is -2.36. The highest BCUT2D eigenvalue weighted by Gasteiger charge is 2.45. The van der Waals surface area contributed by atoms with Crippen LogP contribution in [0.1, 0.15) is 40.3 Å². The van der Waals surface area contributed by atoms with E-state index in [4.69, 9.17) is 17.2 Å². The van der Waals surface area contributed by atoms with Crippen molar-refractivity contribution in [1.29, 1.82) is 0 Å². The Morgan fingerprint density at radius 3 is 1.39 bits per heavy atom. The molecular formula is C28H30N3. The molecule has 6 N–H and O–H groups in total. The Labute approximate surface area is 185 Å². The number of nitrogens with two attached hydrogens (primary N) is 3. The van der Waals surface area contributed by atoms with Gasteiger partial charge in [-0.2, -0.15) is 0 Å². The first-order chi connectivity index (χ1) is 15.1. The molecule has 0 saturated heterocycles. The SMILES string of the molecule is CC1=CC=C[C]1C(c1cccc(CN)c1)(c1cccc(CN)c1)c1cccc(CN)c1. The first-order valence-corrected chi connectivity index (χ1v) is 10.7. The smallest absolute Gasteiger partial charge is 0.0591 e. The van der Waals surface area contributed by atoms with Crippen molar-refractivity contribution in [3.63, 3.8) is 0 Å². The molecule has 0 spiro atoms. The Bertz CT molecular complexity index is 1010. The van der Waals surface area contributed by atoms with Gasteiger partial charge in [-0.3, -0.25) is 0 Å². The summed E-state index contributed by atoms with van der Waals surface area (Å²) in [6, 6.07) is 25.9. The maximum atomic E-state index is 6.05. The van der Waals surface area contributed by atoms with Gasteiger partial charge in [-0.1, -0.05) is 96.6 Å². The second-order valence-electron chi connectivity index (χ2n) is 8.09. The first-order valence-electron chi connectivity index (χ1n) is 10.7. The van der Waals surface area contributed by atoms with Crippen molar-refractivity contribution in [3.05, 3.63) is 136 Å². The molecule has 1 radical (unpaired) electrons. The average molecular weight is 409 g/mol. The fourth-order valence-electron chi connectivity index (χ4n) is 4.69. The average Bonchev–Trinajstić information content (AvgIpc) is 3.26. The second kappa shape index (κ2) is 9.03. The van der Waals surface area contributed by atoms with Crippen molar-refractivity contribution in [3.8, 4) is 0 Å². The van der Waals surface area contributed by atoms with Crippen LogP contribution in [-0.4, -0.2) is 0 Å². The molecule has 0 saturated carbocycles. The standard InChI is InChI=1S/C28H30N3/c1-20-6-2-13-27(20)28(24-10-3-7-21(14-24)17-29,25-11-4-8-22(15-25)18-30)26-12-5-9-23(16-26)19-31/h2-16H,17-19,29-31H2,1H3. The van der Waals surface area contributed by atoms with E-state index in [2.05, 4.69) is 97.9 Å². The molecule has 31 heavy (non-hydrogen) atoms. The van der Waals surface area contributed by atoms with Crippen molar-refractivity contribution in [1.82, 2.24) is 0 Å². The van der Waals surface area contributed by atoms with Crippen LogP contribution >= 0.6 is 0 Å². The fourth-order valence-corrected chi connectivity index (χ4v) is 4.69. The van der Waals surface area contributed by atoms with Crippen molar-refractivity contribution in [2.24, 2.45) is 17.2 Å². The molecule has 0 bridgehead atoms. The summed E-state index contributed by atoms with van der Waals surface area (Å²) < 4.78 is 0. The molecule has 0 unspecified atom stereocenters. The van der Waals surface area contributed by atoms with E-state index in [1.807, 2.05) is 0 Å². The third-order valence-corrected chi connectivity index (χ3v) is 6.23. The van der Waals surface area contributed by atoms with Crippen LogP contribution in [0, 0.1) is 5.92 Å². The first kappa shape index (κ1) is 21.3. The zero-order valence-corrected chi connectivity index (χ0v) is 18.0. The topological polar surface area (TPSA) is 78.1 Å². The maximum absolute atomic E-state index is 6.05. The molecule has 0 aromatic heterocycles. The van der Waals surface area contributed by atoms with Crippen LogP contribution < -0.4 is 17.2 Å². The van der Waals surface area contributed by atoms with Crippen LogP contribution in [0.3, 0.4) is 0 Å². The van der Waals surface area contributed by atoms with Crippen LogP contribution in [0.15, 0.2) is 96.6 Å². The molecule has 0 heterocycles. The van der Waals surface area contributed by atoms with Gasteiger partial charge in [-0.05, 0) is 40.3 Å². The molecule has 0 amide bonds. The van der Waals surface area contributed by atoms with E-state index in [-0.39, 0.29) is 0 Å². The summed E-state index contributed by atoms with van der Waals surface area (Å²) in [5, 5.41) is 0. The predicted octanol–water partition coefficient (Wildman–Crippen LogP) is 4.49. The van der Waals surface area contributed by atoms with Gasteiger partial charge in [-0.15, -0.1) is 0 Å². The number of allylic oxidation sites excluding steroid dienone is 4. The van der Waals surface area contributed by atoms with Gasteiger partial charge >= 0.3 is 0 Å². The van der Waals surface area contributed by atoms with Crippen molar-refractivity contribution in [2.75, 3.05) is 0 Å². The summed E-state index contributed by atoms with van der Waals surface area (Å²) in [5.74, 6) is 1.25.